The molecular weight excluding hydrogens is 278 g/mol. The van der Waals surface area contributed by atoms with E-state index in [2.05, 4.69) is 10.3 Å². The first-order chi connectivity index (χ1) is 10.7. The van der Waals surface area contributed by atoms with Crippen LogP contribution in [-0.2, 0) is 4.79 Å². The molecule has 0 atom stereocenters. The highest BCUT2D eigenvalue weighted by molar-refractivity contribution is 5.92. The summed E-state index contributed by atoms with van der Waals surface area (Å²) in [4.78, 5) is 29.1. The van der Waals surface area contributed by atoms with Crippen molar-refractivity contribution >= 4 is 11.8 Å². The summed E-state index contributed by atoms with van der Waals surface area (Å²) >= 11 is 0. The first-order valence-corrected chi connectivity index (χ1v) is 8.44. The van der Waals surface area contributed by atoms with Gasteiger partial charge < -0.3 is 15.2 Å². The van der Waals surface area contributed by atoms with Gasteiger partial charge in [-0.3, -0.25) is 9.59 Å². The Morgan fingerprint density at radius 1 is 1.18 bits per heavy atom. The fourth-order valence-electron chi connectivity index (χ4n) is 3.55. The molecule has 120 valence electrons. The highest BCUT2D eigenvalue weighted by Crippen LogP contribution is 2.25. The topological polar surface area (TPSA) is 65.2 Å². The van der Waals surface area contributed by atoms with Gasteiger partial charge in [0.05, 0.1) is 0 Å². The Hall–Kier alpha value is -1.78. The number of piperidine rings is 1. The summed E-state index contributed by atoms with van der Waals surface area (Å²) in [6.07, 6.45) is 8.20. The number of aromatic amines is 1. The molecule has 3 rings (SSSR count). The van der Waals surface area contributed by atoms with Crippen molar-refractivity contribution in [1.82, 2.24) is 15.2 Å². The summed E-state index contributed by atoms with van der Waals surface area (Å²) in [5.74, 6) is 1.06. The number of carbonyl (C=O) groups is 2. The molecule has 1 aromatic rings. The molecule has 5 heteroatoms. The molecule has 1 saturated heterocycles. The quantitative estimate of drug-likeness (QED) is 0.895. The van der Waals surface area contributed by atoms with E-state index in [1.165, 1.54) is 12.8 Å². The molecular formula is C17H25N3O2. The van der Waals surface area contributed by atoms with Crippen LogP contribution in [0, 0.1) is 11.8 Å². The van der Waals surface area contributed by atoms with Crippen LogP contribution >= 0.6 is 0 Å². The SMILES string of the molecule is O=C(NCC1CCN(C(=O)c2ccc[nH]2)CC1)C1CCCC1. The van der Waals surface area contributed by atoms with E-state index in [0.29, 0.717) is 11.6 Å². The smallest absolute Gasteiger partial charge is 0.270 e. The molecule has 0 unspecified atom stereocenters. The second-order valence-corrected chi connectivity index (χ2v) is 6.55. The van der Waals surface area contributed by atoms with Gasteiger partial charge in [0.1, 0.15) is 5.69 Å². The monoisotopic (exact) mass is 303 g/mol. The maximum absolute atomic E-state index is 12.2. The minimum Gasteiger partial charge on any atom is -0.357 e. The van der Waals surface area contributed by atoms with E-state index in [4.69, 9.17) is 0 Å². The zero-order valence-corrected chi connectivity index (χ0v) is 13.0. The van der Waals surface area contributed by atoms with Gasteiger partial charge in [-0.05, 0) is 43.7 Å². The number of aromatic nitrogens is 1. The van der Waals surface area contributed by atoms with Gasteiger partial charge in [-0.2, -0.15) is 0 Å². The van der Waals surface area contributed by atoms with Gasteiger partial charge in [-0.15, -0.1) is 0 Å². The second kappa shape index (κ2) is 6.99. The zero-order chi connectivity index (χ0) is 15.4. The number of amides is 2. The van der Waals surface area contributed by atoms with Crippen molar-refractivity contribution in [3.8, 4) is 0 Å². The van der Waals surface area contributed by atoms with Crippen LogP contribution < -0.4 is 5.32 Å². The molecule has 2 fully saturated rings. The average Bonchev–Trinajstić information content (AvgIpc) is 3.25. The predicted molar refractivity (Wildman–Crippen MR) is 84.4 cm³/mol. The molecule has 1 aliphatic carbocycles. The lowest BCUT2D eigenvalue weighted by Crippen LogP contribution is -2.42. The minimum atomic E-state index is 0.0819. The lowest BCUT2D eigenvalue weighted by atomic mass is 9.96. The molecule has 0 bridgehead atoms. The number of likely N-dealkylation sites (tertiary alicyclic amines) is 1. The Labute approximate surface area is 131 Å². The van der Waals surface area contributed by atoms with Crippen molar-refractivity contribution in [1.29, 1.82) is 0 Å². The fraction of sp³-hybridized carbons (Fsp3) is 0.647. The molecule has 2 heterocycles. The largest absolute Gasteiger partial charge is 0.357 e. The van der Waals surface area contributed by atoms with Crippen molar-refractivity contribution in [2.24, 2.45) is 11.8 Å². The standard InChI is InChI=1S/C17H25N3O2/c21-16(14-4-1-2-5-14)19-12-13-7-10-20(11-8-13)17(22)15-6-3-9-18-15/h3,6,9,13-14,18H,1-2,4-5,7-8,10-12H2,(H,19,21). The van der Waals surface area contributed by atoms with E-state index in [1.54, 1.807) is 6.20 Å². The van der Waals surface area contributed by atoms with Crippen LogP contribution in [0.3, 0.4) is 0 Å². The highest BCUT2D eigenvalue weighted by Gasteiger charge is 2.26. The number of rotatable bonds is 4. The summed E-state index contributed by atoms with van der Waals surface area (Å²) in [5, 5.41) is 3.12. The van der Waals surface area contributed by atoms with Crippen LogP contribution in [0.15, 0.2) is 18.3 Å². The number of hydrogen-bond donors (Lipinski definition) is 2. The maximum atomic E-state index is 12.2. The molecule has 5 nitrogen and oxygen atoms in total. The first kappa shape index (κ1) is 15.1. The minimum absolute atomic E-state index is 0.0819. The summed E-state index contributed by atoms with van der Waals surface area (Å²) in [6.45, 7) is 2.32. The fourth-order valence-corrected chi connectivity index (χ4v) is 3.55. The molecule has 0 spiro atoms. The Morgan fingerprint density at radius 2 is 1.91 bits per heavy atom. The third kappa shape index (κ3) is 3.51. The summed E-state index contributed by atoms with van der Waals surface area (Å²) in [5.41, 5.74) is 0.660. The molecule has 0 aromatic carbocycles. The van der Waals surface area contributed by atoms with E-state index < -0.39 is 0 Å². The van der Waals surface area contributed by atoms with Gasteiger partial charge in [0.25, 0.3) is 5.91 Å². The second-order valence-electron chi connectivity index (χ2n) is 6.55. The van der Waals surface area contributed by atoms with Crippen LogP contribution in [0.5, 0.6) is 0 Å². The third-order valence-corrected chi connectivity index (χ3v) is 5.02. The number of H-pyrrole nitrogens is 1. The molecule has 2 amide bonds. The first-order valence-electron chi connectivity index (χ1n) is 8.44. The lowest BCUT2D eigenvalue weighted by molar-refractivity contribution is -0.125. The Balaban J connectivity index is 1.40. The number of nitrogens with one attached hydrogen (secondary N) is 2. The van der Waals surface area contributed by atoms with E-state index in [-0.39, 0.29) is 17.7 Å². The molecule has 2 N–H and O–H groups in total. The van der Waals surface area contributed by atoms with Crippen LogP contribution in [0.25, 0.3) is 0 Å². The third-order valence-electron chi connectivity index (χ3n) is 5.02. The van der Waals surface area contributed by atoms with Gasteiger partial charge in [0.2, 0.25) is 5.91 Å². The molecule has 0 radical (unpaired) electrons. The molecule has 22 heavy (non-hydrogen) atoms. The molecule has 1 aromatic heterocycles. The van der Waals surface area contributed by atoms with Crippen LogP contribution in [0.2, 0.25) is 0 Å². The lowest BCUT2D eigenvalue weighted by Gasteiger charge is -2.32. The Kier molecular flexibility index (Phi) is 4.80. The van der Waals surface area contributed by atoms with E-state index in [0.717, 1.165) is 45.3 Å². The molecule has 1 aliphatic heterocycles. The van der Waals surface area contributed by atoms with Crippen molar-refractivity contribution in [2.45, 2.75) is 38.5 Å². The van der Waals surface area contributed by atoms with Gasteiger partial charge in [-0.25, -0.2) is 0 Å². The zero-order valence-electron chi connectivity index (χ0n) is 13.0. The van der Waals surface area contributed by atoms with E-state index in [9.17, 15) is 9.59 Å². The van der Waals surface area contributed by atoms with E-state index in [1.807, 2.05) is 17.0 Å². The summed E-state index contributed by atoms with van der Waals surface area (Å²) in [7, 11) is 0. The highest BCUT2D eigenvalue weighted by atomic mass is 16.2. The van der Waals surface area contributed by atoms with Crippen LogP contribution in [-0.4, -0.2) is 41.3 Å². The Morgan fingerprint density at radius 3 is 2.55 bits per heavy atom. The van der Waals surface area contributed by atoms with Crippen molar-refractivity contribution in [3.63, 3.8) is 0 Å². The van der Waals surface area contributed by atoms with Crippen LogP contribution in [0.4, 0.5) is 0 Å². The number of nitrogens with zero attached hydrogens (tertiary/aromatic N) is 1. The summed E-state index contributed by atoms with van der Waals surface area (Å²) in [6, 6.07) is 3.66. The summed E-state index contributed by atoms with van der Waals surface area (Å²) < 4.78 is 0. The van der Waals surface area contributed by atoms with Crippen molar-refractivity contribution in [2.75, 3.05) is 19.6 Å². The molecule has 1 saturated carbocycles. The predicted octanol–water partition coefficient (Wildman–Crippen LogP) is 2.17. The average molecular weight is 303 g/mol. The number of hydrogen-bond acceptors (Lipinski definition) is 2. The normalized spacial score (nSPS) is 20.3. The van der Waals surface area contributed by atoms with Crippen molar-refractivity contribution in [3.05, 3.63) is 24.0 Å². The van der Waals surface area contributed by atoms with E-state index >= 15 is 0 Å². The maximum Gasteiger partial charge on any atom is 0.270 e. The van der Waals surface area contributed by atoms with Gasteiger partial charge in [0, 0.05) is 31.7 Å². The number of carbonyl (C=O) groups excluding carboxylic acids is 2. The van der Waals surface area contributed by atoms with Crippen LogP contribution in [0.1, 0.15) is 49.0 Å². The molecule has 2 aliphatic rings. The van der Waals surface area contributed by atoms with Gasteiger partial charge >= 0.3 is 0 Å². The van der Waals surface area contributed by atoms with Crippen molar-refractivity contribution < 1.29 is 9.59 Å². The Bertz CT molecular complexity index is 498. The van der Waals surface area contributed by atoms with Gasteiger partial charge in [0.15, 0.2) is 0 Å². The van der Waals surface area contributed by atoms with Gasteiger partial charge in [-0.1, -0.05) is 12.8 Å².